The van der Waals surface area contributed by atoms with Crippen molar-refractivity contribution in [3.05, 3.63) is 34.3 Å². The second kappa shape index (κ2) is 4.67. The zero-order valence-corrected chi connectivity index (χ0v) is 10.5. The summed E-state index contributed by atoms with van der Waals surface area (Å²) in [5, 5.41) is 10.2. The van der Waals surface area contributed by atoms with Crippen LogP contribution in [0.4, 0.5) is 0 Å². The smallest absolute Gasteiger partial charge is 0.0651 e. The van der Waals surface area contributed by atoms with Crippen LogP contribution in [0.2, 0.25) is 0 Å². The third-order valence-corrected chi connectivity index (χ3v) is 3.80. The molecule has 1 nitrogen and oxygen atoms in total. The largest absolute Gasteiger partial charge is 0.390 e. The van der Waals surface area contributed by atoms with Crippen molar-refractivity contribution in [1.29, 1.82) is 0 Å². The maximum absolute atomic E-state index is 10.2. The summed E-state index contributed by atoms with van der Waals surface area (Å²) in [6.45, 7) is 0. The lowest BCUT2D eigenvalue weighted by atomic mass is 9.93. The highest BCUT2D eigenvalue weighted by Crippen LogP contribution is 2.33. The third kappa shape index (κ3) is 3.05. The Kier molecular flexibility index (Phi) is 3.47. The first-order valence-corrected chi connectivity index (χ1v) is 6.44. The highest BCUT2D eigenvalue weighted by atomic mass is 79.9. The number of aliphatic hydroxyl groups is 1. The molecule has 15 heavy (non-hydrogen) atoms. The Hall–Kier alpha value is -0.340. The topological polar surface area (TPSA) is 20.2 Å². The normalized spacial score (nSPS) is 19.3. The van der Waals surface area contributed by atoms with E-state index in [1.165, 1.54) is 18.4 Å². The predicted octanol–water partition coefficient (Wildman–Crippen LogP) is 3.69. The van der Waals surface area contributed by atoms with Crippen LogP contribution >= 0.6 is 15.9 Å². The lowest BCUT2D eigenvalue weighted by Crippen LogP contribution is -2.24. The van der Waals surface area contributed by atoms with Crippen LogP contribution in [-0.2, 0) is 6.42 Å². The first-order valence-electron chi connectivity index (χ1n) is 5.65. The highest BCUT2D eigenvalue weighted by Gasteiger charge is 2.30. The molecule has 0 unspecified atom stereocenters. The molecule has 1 aromatic rings. The number of halogens is 1. The number of rotatable bonds is 3. The van der Waals surface area contributed by atoms with E-state index in [0.29, 0.717) is 0 Å². The quantitative estimate of drug-likeness (QED) is 0.887. The van der Waals surface area contributed by atoms with Crippen molar-refractivity contribution in [3.63, 3.8) is 0 Å². The van der Waals surface area contributed by atoms with Gasteiger partial charge in [0.2, 0.25) is 0 Å². The average molecular weight is 269 g/mol. The van der Waals surface area contributed by atoms with Crippen LogP contribution in [0, 0.1) is 0 Å². The fourth-order valence-electron chi connectivity index (χ4n) is 2.35. The maximum Gasteiger partial charge on any atom is 0.0651 e. The molecule has 1 saturated carbocycles. The minimum absolute atomic E-state index is 0.373. The van der Waals surface area contributed by atoms with Gasteiger partial charge >= 0.3 is 0 Å². The summed E-state index contributed by atoms with van der Waals surface area (Å²) in [6, 6.07) is 8.35. The van der Waals surface area contributed by atoms with Crippen molar-refractivity contribution in [3.8, 4) is 0 Å². The SMILES string of the molecule is OC1(CCc2cccc(Br)c2)CCCC1. The van der Waals surface area contributed by atoms with Gasteiger partial charge in [0.15, 0.2) is 0 Å². The second-order valence-corrected chi connectivity index (χ2v) is 5.48. The van der Waals surface area contributed by atoms with Crippen LogP contribution in [0.1, 0.15) is 37.7 Å². The molecule has 1 fully saturated rings. The molecule has 1 aliphatic rings. The van der Waals surface area contributed by atoms with Gasteiger partial charge in [-0.25, -0.2) is 0 Å². The Balaban J connectivity index is 1.92. The summed E-state index contributed by atoms with van der Waals surface area (Å²) in [7, 11) is 0. The molecule has 2 heteroatoms. The summed E-state index contributed by atoms with van der Waals surface area (Å²) in [5.74, 6) is 0. The molecule has 0 radical (unpaired) electrons. The first-order chi connectivity index (χ1) is 7.18. The van der Waals surface area contributed by atoms with Gasteiger partial charge in [0.1, 0.15) is 0 Å². The number of hydrogen-bond acceptors (Lipinski definition) is 1. The molecule has 0 heterocycles. The van der Waals surface area contributed by atoms with Crippen LogP contribution < -0.4 is 0 Å². The zero-order valence-electron chi connectivity index (χ0n) is 8.88. The molecule has 1 aliphatic carbocycles. The van der Waals surface area contributed by atoms with E-state index in [4.69, 9.17) is 0 Å². The monoisotopic (exact) mass is 268 g/mol. The van der Waals surface area contributed by atoms with Gasteiger partial charge in [0.05, 0.1) is 5.60 Å². The molecule has 0 bridgehead atoms. The summed E-state index contributed by atoms with van der Waals surface area (Å²) in [4.78, 5) is 0. The second-order valence-electron chi connectivity index (χ2n) is 4.56. The summed E-state index contributed by atoms with van der Waals surface area (Å²) < 4.78 is 1.12. The molecule has 2 rings (SSSR count). The summed E-state index contributed by atoms with van der Waals surface area (Å²) >= 11 is 3.47. The van der Waals surface area contributed by atoms with E-state index in [1.807, 2.05) is 6.07 Å². The van der Waals surface area contributed by atoms with E-state index in [9.17, 15) is 5.11 Å². The summed E-state index contributed by atoms with van der Waals surface area (Å²) in [5.41, 5.74) is 0.937. The van der Waals surface area contributed by atoms with Crippen LogP contribution in [-0.4, -0.2) is 10.7 Å². The van der Waals surface area contributed by atoms with Crippen molar-refractivity contribution >= 4 is 15.9 Å². The Labute approximate surface area is 99.6 Å². The molecule has 1 N–H and O–H groups in total. The fourth-order valence-corrected chi connectivity index (χ4v) is 2.80. The van der Waals surface area contributed by atoms with E-state index in [-0.39, 0.29) is 5.60 Å². The van der Waals surface area contributed by atoms with Crippen molar-refractivity contribution in [2.24, 2.45) is 0 Å². The molecule has 0 aromatic heterocycles. The van der Waals surface area contributed by atoms with Gasteiger partial charge in [0.25, 0.3) is 0 Å². The van der Waals surface area contributed by atoms with E-state index >= 15 is 0 Å². The Morgan fingerprint density at radius 1 is 1.27 bits per heavy atom. The van der Waals surface area contributed by atoms with Crippen LogP contribution in [0.25, 0.3) is 0 Å². The zero-order chi connectivity index (χ0) is 10.7. The van der Waals surface area contributed by atoms with Crippen LogP contribution in [0.15, 0.2) is 28.7 Å². The molecule has 0 aliphatic heterocycles. The Bertz CT molecular complexity index is 329. The third-order valence-electron chi connectivity index (χ3n) is 3.30. The lowest BCUT2D eigenvalue weighted by molar-refractivity contribution is 0.0391. The molecular formula is C13H17BrO. The molecule has 0 saturated heterocycles. The predicted molar refractivity (Wildman–Crippen MR) is 65.9 cm³/mol. The van der Waals surface area contributed by atoms with E-state index in [1.54, 1.807) is 0 Å². The van der Waals surface area contributed by atoms with Crippen molar-refractivity contribution in [2.75, 3.05) is 0 Å². The maximum atomic E-state index is 10.2. The molecule has 82 valence electrons. The van der Waals surface area contributed by atoms with Gasteiger partial charge < -0.3 is 5.11 Å². The van der Waals surface area contributed by atoms with Crippen molar-refractivity contribution < 1.29 is 5.11 Å². The van der Waals surface area contributed by atoms with Crippen LogP contribution in [0.3, 0.4) is 0 Å². The number of aryl methyl sites for hydroxylation is 1. The lowest BCUT2D eigenvalue weighted by Gasteiger charge is -2.21. The molecule has 0 spiro atoms. The summed E-state index contributed by atoms with van der Waals surface area (Å²) in [6.07, 6.45) is 6.24. The van der Waals surface area contributed by atoms with E-state index in [2.05, 4.69) is 34.1 Å². The van der Waals surface area contributed by atoms with E-state index < -0.39 is 0 Å². The van der Waals surface area contributed by atoms with Gasteiger partial charge in [-0.1, -0.05) is 40.9 Å². The Morgan fingerprint density at radius 3 is 2.67 bits per heavy atom. The van der Waals surface area contributed by atoms with Gasteiger partial charge in [0, 0.05) is 4.47 Å². The van der Waals surface area contributed by atoms with Crippen molar-refractivity contribution in [1.82, 2.24) is 0 Å². The first kappa shape index (κ1) is 11.2. The highest BCUT2D eigenvalue weighted by molar-refractivity contribution is 9.10. The molecule has 1 aromatic carbocycles. The Morgan fingerprint density at radius 2 is 2.00 bits per heavy atom. The number of benzene rings is 1. The van der Waals surface area contributed by atoms with Crippen molar-refractivity contribution in [2.45, 2.75) is 44.1 Å². The van der Waals surface area contributed by atoms with Gasteiger partial charge in [-0.3, -0.25) is 0 Å². The molecule has 0 atom stereocenters. The molecular weight excluding hydrogens is 252 g/mol. The van der Waals surface area contributed by atoms with Crippen LogP contribution in [0.5, 0.6) is 0 Å². The molecule has 0 amide bonds. The minimum Gasteiger partial charge on any atom is -0.390 e. The standard InChI is InChI=1S/C13H17BrO/c14-12-5-3-4-11(10-12)6-9-13(15)7-1-2-8-13/h3-5,10,15H,1-2,6-9H2. The average Bonchev–Trinajstić information content (AvgIpc) is 2.63. The van der Waals surface area contributed by atoms with Gasteiger partial charge in [-0.05, 0) is 43.4 Å². The fraction of sp³-hybridized carbons (Fsp3) is 0.538. The van der Waals surface area contributed by atoms with E-state index in [0.717, 1.165) is 30.2 Å². The van der Waals surface area contributed by atoms with Gasteiger partial charge in [-0.2, -0.15) is 0 Å². The number of hydrogen-bond donors (Lipinski definition) is 1. The van der Waals surface area contributed by atoms with Gasteiger partial charge in [-0.15, -0.1) is 0 Å². The minimum atomic E-state index is -0.373.